The Bertz CT molecular complexity index is 1190. The van der Waals surface area contributed by atoms with Crippen molar-refractivity contribution in [2.75, 3.05) is 18.0 Å². The number of benzene rings is 2. The zero-order valence-electron chi connectivity index (χ0n) is 20.9. The first-order valence-electron chi connectivity index (χ1n) is 12.8. The lowest BCUT2D eigenvalue weighted by Crippen LogP contribution is -2.63. The number of rotatable bonds is 7. The zero-order chi connectivity index (χ0) is 24.9. The molecule has 36 heavy (non-hydrogen) atoms. The highest BCUT2D eigenvalue weighted by Gasteiger charge is 2.52. The van der Waals surface area contributed by atoms with Crippen LogP contribution in [0.15, 0.2) is 60.9 Å². The van der Waals surface area contributed by atoms with Crippen LogP contribution in [0.1, 0.15) is 50.7 Å². The maximum Gasteiger partial charge on any atom is 0.322 e. The van der Waals surface area contributed by atoms with Crippen LogP contribution in [-0.4, -0.2) is 46.4 Å². The van der Waals surface area contributed by atoms with E-state index in [9.17, 15) is 5.11 Å². The van der Waals surface area contributed by atoms with E-state index in [1.54, 1.807) is 0 Å². The van der Waals surface area contributed by atoms with Gasteiger partial charge in [0.15, 0.2) is 0 Å². The second-order valence-electron chi connectivity index (χ2n) is 11.4. The second kappa shape index (κ2) is 8.75. The van der Waals surface area contributed by atoms with Gasteiger partial charge in [0, 0.05) is 30.0 Å². The van der Waals surface area contributed by atoms with Gasteiger partial charge in [-0.05, 0) is 61.1 Å². The monoisotopic (exact) mass is 486 g/mol. The van der Waals surface area contributed by atoms with Crippen molar-refractivity contribution in [2.45, 2.75) is 63.2 Å². The van der Waals surface area contributed by atoms with Crippen molar-refractivity contribution >= 4 is 5.69 Å². The van der Waals surface area contributed by atoms with Crippen LogP contribution in [0.2, 0.25) is 0 Å². The first-order valence-corrected chi connectivity index (χ1v) is 12.8. The van der Waals surface area contributed by atoms with E-state index in [0.717, 1.165) is 50.2 Å². The molecule has 3 aromatic rings. The number of nitrogens with two attached hydrogens (primary N) is 1. The summed E-state index contributed by atoms with van der Waals surface area (Å²) in [4.78, 5) is 11.1. The Labute approximate surface area is 212 Å². The van der Waals surface area contributed by atoms with Crippen LogP contribution in [0.4, 0.5) is 5.69 Å². The molecule has 2 aromatic carbocycles. The standard InChI is InChI=1S/C29H34N4O3/c1-28(2,19-3-7-24(8-4-19)35-26-11-21(30)12-26)20-5-9-25(10-6-20)36-27-31-15-22(16-32-27)33-17-29(18-33)13-23(34)14-29/h3-10,15-16,21,23,26,34H,11-14,17-18,30H2,1-2H3. The molecule has 0 unspecified atom stereocenters. The van der Waals surface area contributed by atoms with E-state index >= 15 is 0 Å². The number of aromatic nitrogens is 2. The van der Waals surface area contributed by atoms with Gasteiger partial charge in [-0.25, -0.2) is 9.97 Å². The highest BCUT2D eigenvalue weighted by atomic mass is 16.5. The Kier molecular flexibility index (Phi) is 5.65. The number of anilines is 1. The molecule has 6 rings (SSSR count). The van der Waals surface area contributed by atoms with Gasteiger partial charge in [-0.3, -0.25) is 0 Å². The van der Waals surface area contributed by atoms with E-state index in [0.29, 0.717) is 17.2 Å². The molecule has 1 aromatic heterocycles. The molecule has 3 N–H and O–H groups in total. The third kappa shape index (κ3) is 4.42. The van der Waals surface area contributed by atoms with Crippen LogP contribution >= 0.6 is 0 Å². The highest BCUT2D eigenvalue weighted by molar-refractivity contribution is 5.48. The maximum atomic E-state index is 9.59. The third-order valence-electron chi connectivity index (χ3n) is 8.16. The fourth-order valence-electron chi connectivity index (χ4n) is 5.73. The van der Waals surface area contributed by atoms with Crippen molar-refractivity contribution in [3.63, 3.8) is 0 Å². The summed E-state index contributed by atoms with van der Waals surface area (Å²) >= 11 is 0. The van der Waals surface area contributed by atoms with E-state index < -0.39 is 0 Å². The van der Waals surface area contributed by atoms with Crippen molar-refractivity contribution in [2.24, 2.45) is 11.1 Å². The quantitative estimate of drug-likeness (QED) is 0.510. The van der Waals surface area contributed by atoms with Crippen molar-refractivity contribution in [3.05, 3.63) is 72.1 Å². The van der Waals surface area contributed by atoms with Gasteiger partial charge in [0.05, 0.1) is 24.2 Å². The van der Waals surface area contributed by atoms with Gasteiger partial charge < -0.3 is 25.2 Å². The number of nitrogens with zero attached hydrogens (tertiary/aromatic N) is 3. The minimum Gasteiger partial charge on any atom is -0.490 e. The van der Waals surface area contributed by atoms with Gasteiger partial charge in [-0.15, -0.1) is 0 Å². The molecule has 0 radical (unpaired) electrons. The summed E-state index contributed by atoms with van der Waals surface area (Å²) < 4.78 is 11.9. The Morgan fingerprint density at radius 1 is 0.917 bits per heavy atom. The average molecular weight is 487 g/mol. The Morgan fingerprint density at radius 2 is 1.47 bits per heavy atom. The smallest absolute Gasteiger partial charge is 0.322 e. The molecule has 2 aliphatic carbocycles. The molecular formula is C29H34N4O3. The summed E-state index contributed by atoms with van der Waals surface area (Å²) in [5.41, 5.74) is 9.41. The summed E-state index contributed by atoms with van der Waals surface area (Å²) in [7, 11) is 0. The van der Waals surface area contributed by atoms with Crippen LogP contribution in [0.5, 0.6) is 17.5 Å². The lowest BCUT2D eigenvalue weighted by molar-refractivity contribution is -0.0492. The highest BCUT2D eigenvalue weighted by Crippen LogP contribution is 2.49. The topological polar surface area (TPSA) is 93.7 Å². The van der Waals surface area contributed by atoms with Crippen LogP contribution in [0, 0.1) is 5.41 Å². The molecule has 3 aliphatic rings. The van der Waals surface area contributed by atoms with E-state index in [-0.39, 0.29) is 23.7 Å². The molecule has 188 valence electrons. The predicted octanol–water partition coefficient (Wildman–Crippen LogP) is 4.42. The largest absolute Gasteiger partial charge is 0.490 e. The van der Waals surface area contributed by atoms with Gasteiger partial charge in [-0.2, -0.15) is 0 Å². The second-order valence-corrected chi connectivity index (χ2v) is 11.4. The van der Waals surface area contributed by atoms with Crippen molar-refractivity contribution in [1.82, 2.24) is 9.97 Å². The van der Waals surface area contributed by atoms with Crippen molar-refractivity contribution in [1.29, 1.82) is 0 Å². The van der Waals surface area contributed by atoms with Crippen LogP contribution < -0.4 is 20.1 Å². The van der Waals surface area contributed by atoms with Gasteiger partial charge in [0.25, 0.3) is 0 Å². The fraction of sp³-hybridized carbons (Fsp3) is 0.448. The summed E-state index contributed by atoms with van der Waals surface area (Å²) in [5.74, 6) is 1.60. The van der Waals surface area contributed by atoms with Crippen LogP contribution in [0.3, 0.4) is 0 Å². The molecular weight excluding hydrogens is 452 g/mol. The summed E-state index contributed by atoms with van der Waals surface area (Å²) in [6.07, 6.45) is 7.44. The normalized spacial score (nSPS) is 22.9. The lowest BCUT2D eigenvalue weighted by Gasteiger charge is -2.58. The Morgan fingerprint density at radius 3 is 2.00 bits per heavy atom. The SMILES string of the molecule is CC(C)(c1ccc(Oc2ncc(N3CC4(CC(O)C4)C3)cn2)cc1)c1ccc(OC2CC(N)C2)cc1. The lowest BCUT2D eigenvalue weighted by atomic mass is 9.62. The molecule has 2 heterocycles. The summed E-state index contributed by atoms with van der Waals surface area (Å²) in [6, 6.07) is 17.1. The first kappa shape index (κ1) is 23.3. The number of aliphatic hydroxyl groups is 1. The Hall–Kier alpha value is -3.16. The minimum atomic E-state index is -0.168. The molecule has 0 bridgehead atoms. The van der Waals surface area contributed by atoms with E-state index in [2.05, 4.69) is 65.1 Å². The van der Waals surface area contributed by atoms with Crippen LogP contribution in [-0.2, 0) is 5.41 Å². The van der Waals surface area contributed by atoms with E-state index in [4.69, 9.17) is 15.2 Å². The molecule has 3 fully saturated rings. The molecule has 1 spiro atoms. The average Bonchev–Trinajstić information content (AvgIpc) is 2.81. The maximum absolute atomic E-state index is 9.59. The van der Waals surface area contributed by atoms with Crippen molar-refractivity contribution in [3.8, 4) is 17.5 Å². The number of hydrogen-bond acceptors (Lipinski definition) is 7. The molecule has 1 aliphatic heterocycles. The van der Waals surface area contributed by atoms with Crippen LogP contribution in [0.25, 0.3) is 0 Å². The molecule has 0 amide bonds. The first-order chi connectivity index (χ1) is 17.3. The predicted molar refractivity (Wildman–Crippen MR) is 139 cm³/mol. The van der Waals surface area contributed by atoms with E-state index in [1.165, 1.54) is 11.1 Å². The van der Waals surface area contributed by atoms with Gasteiger partial charge in [0.1, 0.15) is 17.6 Å². The molecule has 1 saturated heterocycles. The molecule has 0 atom stereocenters. The van der Waals surface area contributed by atoms with Gasteiger partial charge in [0.2, 0.25) is 0 Å². The number of ether oxygens (including phenoxy) is 2. The van der Waals surface area contributed by atoms with Crippen molar-refractivity contribution < 1.29 is 14.6 Å². The van der Waals surface area contributed by atoms with E-state index in [1.807, 2.05) is 24.5 Å². The molecule has 2 saturated carbocycles. The van der Waals surface area contributed by atoms with Gasteiger partial charge >= 0.3 is 6.01 Å². The molecule has 7 nitrogen and oxygen atoms in total. The minimum absolute atomic E-state index is 0.117. The summed E-state index contributed by atoms with van der Waals surface area (Å²) in [6.45, 7) is 6.37. The van der Waals surface area contributed by atoms with Gasteiger partial charge in [-0.1, -0.05) is 38.1 Å². The number of aliphatic hydroxyl groups excluding tert-OH is 1. The third-order valence-corrected chi connectivity index (χ3v) is 8.16. The number of hydrogen-bond donors (Lipinski definition) is 2. The Balaban J connectivity index is 1.06. The summed E-state index contributed by atoms with van der Waals surface area (Å²) in [5, 5.41) is 9.59. The zero-order valence-corrected chi connectivity index (χ0v) is 20.9. The fourth-order valence-corrected chi connectivity index (χ4v) is 5.73. The molecule has 7 heteroatoms.